The Hall–Kier alpha value is -3.19. The molecular weight excluding hydrogens is 344 g/mol. The van der Waals surface area contributed by atoms with Crippen molar-refractivity contribution in [3.05, 3.63) is 70.7 Å². The highest BCUT2D eigenvalue weighted by molar-refractivity contribution is 6.33. The summed E-state index contributed by atoms with van der Waals surface area (Å²) in [6.07, 6.45) is 1.38. The number of aryl methyl sites for hydroxylation is 1. The van der Waals surface area contributed by atoms with Crippen LogP contribution in [0.4, 0.5) is 11.5 Å². The summed E-state index contributed by atoms with van der Waals surface area (Å²) in [7, 11) is 0. The first-order valence-corrected chi connectivity index (χ1v) is 7.67. The van der Waals surface area contributed by atoms with Crippen molar-refractivity contribution in [2.24, 2.45) is 0 Å². The van der Waals surface area contributed by atoms with E-state index in [1.807, 2.05) is 0 Å². The lowest BCUT2D eigenvalue weighted by molar-refractivity contribution is 0.102. The number of carbonyl (C=O) groups is 2. The number of amides is 2. The molecule has 2 aromatic heterocycles. The van der Waals surface area contributed by atoms with E-state index in [1.54, 1.807) is 37.3 Å². The highest BCUT2D eigenvalue weighted by Crippen LogP contribution is 2.21. The molecule has 2 N–H and O–H groups in total. The SMILES string of the molecule is Cc1cc(NC(=O)c2ccnc(C(=O)Nc3ccccc3Cl)c2)no1. The van der Waals surface area contributed by atoms with E-state index in [0.717, 1.165) is 0 Å². The van der Waals surface area contributed by atoms with Crippen molar-refractivity contribution in [2.45, 2.75) is 6.92 Å². The maximum atomic E-state index is 12.3. The minimum absolute atomic E-state index is 0.0869. The van der Waals surface area contributed by atoms with E-state index in [0.29, 0.717) is 22.3 Å². The number of hydrogen-bond acceptors (Lipinski definition) is 5. The van der Waals surface area contributed by atoms with Gasteiger partial charge in [0.2, 0.25) is 0 Å². The fraction of sp³-hybridized carbons (Fsp3) is 0.0588. The summed E-state index contributed by atoms with van der Waals surface area (Å²) in [5.41, 5.74) is 0.813. The Morgan fingerprint density at radius 1 is 1.08 bits per heavy atom. The Kier molecular flexibility index (Phi) is 4.76. The molecule has 0 aliphatic carbocycles. The van der Waals surface area contributed by atoms with E-state index in [1.165, 1.54) is 18.3 Å². The molecule has 2 heterocycles. The van der Waals surface area contributed by atoms with E-state index >= 15 is 0 Å². The molecule has 0 atom stereocenters. The molecule has 0 bridgehead atoms. The van der Waals surface area contributed by atoms with Gasteiger partial charge in [0.1, 0.15) is 11.5 Å². The predicted molar refractivity (Wildman–Crippen MR) is 92.8 cm³/mol. The Labute approximate surface area is 148 Å². The number of benzene rings is 1. The number of anilines is 2. The van der Waals surface area contributed by atoms with Gasteiger partial charge in [0, 0.05) is 17.8 Å². The van der Waals surface area contributed by atoms with Crippen LogP contribution in [0.3, 0.4) is 0 Å². The quantitative estimate of drug-likeness (QED) is 0.745. The van der Waals surface area contributed by atoms with Gasteiger partial charge in [0.05, 0.1) is 10.7 Å². The third-order valence-corrected chi connectivity index (χ3v) is 3.58. The molecule has 0 saturated heterocycles. The standard InChI is InChI=1S/C17H13ClN4O3/c1-10-8-15(22-25-10)21-16(23)11-6-7-19-14(9-11)17(24)20-13-5-3-2-4-12(13)18/h2-9H,1H3,(H,20,24)(H,21,22,23). The third-order valence-electron chi connectivity index (χ3n) is 3.25. The molecule has 7 nitrogen and oxygen atoms in total. The molecule has 0 aliphatic heterocycles. The smallest absolute Gasteiger partial charge is 0.274 e. The lowest BCUT2D eigenvalue weighted by atomic mass is 10.2. The van der Waals surface area contributed by atoms with Gasteiger partial charge < -0.3 is 15.2 Å². The number of rotatable bonds is 4. The van der Waals surface area contributed by atoms with Gasteiger partial charge in [-0.05, 0) is 31.2 Å². The first kappa shape index (κ1) is 16.7. The minimum Gasteiger partial charge on any atom is -0.360 e. The van der Waals surface area contributed by atoms with E-state index in [2.05, 4.69) is 20.8 Å². The van der Waals surface area contributed by atoms with Crippen LogP contribution in [0.15, 0.2) is 53.2 Å². The van der Waals surface area contributed by atoms with Crippen LogP contribution < -0.4 is 10.6 Å². The molecule has 0 saturated carbocycles. The van der Waals surface area contributed by atoms with Crippen LogP contribution in [0.25, 0.3) is 0 Å². The molecule has 0 radical (unpaired) electrons. The van der Waals surface area contributed by atoms with Gasteiger partial charge in [-0.3, -0.25) is 14.6 Å². The first-order chi connectivity index (χ1) is 12.0. The summed E-state index contributed by atoms with van der Waals surface area (Å²) >= 11 is 6.01. The van der Waals surface area contributed by atoms with E-state index in [4.69, 9.17) is 16.1 Å². The first-order valence-electron chi connectivity index (χ1n) is 7.29. The lowest BCUT2D eigenvalue weighted by Gasteiger charge is -2.07. The van der Waals surface area contributed by atoms with Crippen molar-refractivity contribution < 1.29 is 14.1 Å². The second-order valence-electron chi connectivity index (χ2n) is 5.14. The molecule has 126 valence electrons. The second-order valence-corrected chi connectivity index (χ2v) is 5.55. The van der Waals surface area contributed by atoms with Crippen LogP contribution in [0.2, 0.25) is 5.02 Å². The number of hydrogen-bond donors (Lipinski definition) is 2. The zero-order chi connectivity index (χ0) is 17.8. The van der Waals surface area contributed by atoms with Crippen molar-refractivity contribution >= 4 is 34.9 Å². The Balaban J connectivity index is 1.75. The highest BCUT2D eigenvalue weighted by atomic mass is 35.5. The van der Waals surface area contributed by atoms with E-state index in [9.17, 15) is 9.59 Å². The van der Waals surface area contributed by atoms with Gasteiger partial charge in [0.15, 0.2) is 5.82 Å². The zero-order valence-corrected chi connectivity index (χ0v) is 13.9. The molecule has 2 amide bonds. The Morgan fingerprint density at radius 2 is 1.88 bits per heavy atom. The topological polar surface area (TPSA) is 97.1 Å². The van der Waals surface area contributed by atoms with Crippen molar-refractivity contribution in [1.82, 2.24) is 10.1 Å². The number of pyridine rings is 1. The summed E-state index contributed by atoms with van der Waals surface area (Å²) in [5.74, 6) is -0.0336. The van der Waals surface area contributed by atoms with Crippen molar-refractivity contribution in [3.63, 3.8) is 0 Å². The molecule has 0 spiro atoms. The van der Waals surface area contributed by atoms with Gasteiger partial charge in [0.25, 0.3) is 11.8 Å². The summed E-state index contributed by atoms with van der Waals surface area (Å²) in [6, 6.07) is 11.3. The molecule has 0 unspecified atom stereocenters. The highest BCUT2D eigenvalue weighted by Gasteiger charge is 2.14. The van der Waals surface area contributed by atoms with Crippen LogP contribution in [0, 0.1) is 6.92 Å². The Morgan fingerprint density at radius 3 is 2.60 bits per heavy atom. The van der Waals surface area contributed by atoms with Gasteiger partial charge in [-0.1, -0.05) is 28.9 Å². The molecule has 8 heteroatoms. The van der Waals surface area contributed by atoms with Crippen LogP contribution in [-0.4, -0.2) is 22.0 Å². The minimum atomic E-state index is -0.472. The molecule has 25 heavy (non-hydrogen) atoms. The number of nitrogens with one attached hydrogen (secondary N) is 2. The normalized spacial score (nSPS) is 10.3. The Bertz CT molecular complexity index is 939. The number of halogens is 1. The lowest BCUT2D eigenvalue weighted by Crippen LogP contribution is -2.17. The van der Waals surface area contributed by atoms with Crippen LogP contribution in [0.5, 0.6) is 0 Å². The van der Waals surface area contributed by atoms with Crippen molar-refractivity contribution in [1.29, 1.82) is 0 Å². The van der Waals surface area contributed by atoms with Crippen LogP contribution in [0.1, 0.15) is 26.6 Å². The van der Waals surface area contributed by atoms with E-state index < -0.39 is 11.8 Å². The van der Waals surface area contributed by atoms with Gasteiger partial charge in [-0.2, -0.15) is 0 Å². The fourth-order valence-electron chi connectivity index (χ4n) is 2.06. The number of nitrogens with zero attached hydrogens (tertiary/aromatic N) is 2. The number of carbonyl (C=O) groups excluding carboxylic acids is 2. The largest absolute Gasteiger partial charge is 0.360 e. The average Bonchev–Trinajstić information content (AvgIpc) is 3.02. The molecule has 1 aromatic carbocycles. The molecule has 0 aliphatic rings. The van der Waals surface area contributed by atoms with Gasteiger partial charge >= 0.3 is 0 Å². The van der Waals surface area contributed by atoms with Crippen molar-refractivity contribution in [3.8, 4) is 0 Å². The summed E-state index contributed by atoms with van der Waals surface area (Å²) in [4.78, 5) is 28.5. The second kappa shape index (κ2) is 7.14. The maximum absolute atomic E-state index is 12.3. The van der Waals surface area contributed by atoms with Crippen LogP contribution in [-0.2, 0) is 0 Å². The summed E-state index contributed by atoms with van der Waals surface area (Å²) in [6.45, 7) is 1.71. The van der Waals surface area contributed by atoms with Gasteiger partial charge in [-0.25, -0.2) is 0 Å². The summed E-state index contributed by atoms with van der Waals surface area (Å²) < 4.78 is 4.89. The average molecular weight is 357 g/mol. The monoisotopic (exact) mass is 356 g/mol. The van der Waals surface area contributed by atoms with Crippen molar-refractivity contribution in [2.75, 3.05) is 10.6 Å². The fourth-order valence-corrected chi connectivity index (χ4v) is 2.24. The third kappa shape index (κ3) is 4.02. The summed E-state index contributed by atoms with van der Waals surface area (Å²) in [5, 5.41) is 9.33. The maximum Gasteiger partial charge on any atom is 0.274 e. The van der Waals surface area contributed by atoms with Gasteiger partial charge in [-0.15, -0.1) is 0 Å². The predicted octanol–water partition coefficient (Wildman–Crippen LogP) is 3.54. The molecule has 3 aromatic rings. The van der Waals surface area contributed by atoms with Crippen LogP contribution >= 0.6 is 11.6 Å². The molecule has 3 rings (SSSR count). The zero-order valence-electron chi connectivity index (χ0n) is 13.1. The molecule has 0 fully saturated rings. The molecular formula is C17H13ClN4O3. The van der Waals surface area contributed by atoms with E-state index in [-0.39, 0.29) is 11.3 Å². The number of aromatic nitrogens is 2. The number of para-hydroxylation sites is 1.